The standard InChI is InChI=1S/C17H17N7/c1-12-6-16(24-17(22-12)19-11-21-24)18-8-13-4-3-5-14(7-13)15-9-20-23(2)10-15/h3-7,9-11,18H,8H2,1-2H3. The average Bonchev–Trinajstić information content (AvgIpc) is 3.21. The minimum Gasteiger partial charge on any atom is -0.366 e. The van der Waals surface area contributed by atoms with Gasteiger partial charge in [0.05, 0.1) is 6.20 Å². The van der Waals surface area contributed by atoms with E-state index in [1.807, 2.05) is 32.4 Å². The number of hydrogen-bond acceptors (Lipinski definition) is 5. The minimum atomic E-state index is 0.599. The van der Waals surface area contributed by atoms with Crippen molar-refractivity contribution in [2.45, 2.75) is 13.5 Å². The molecule has 0 aliphatic rings. The number of rotatable bonds is 4. The Balaban J connectivity index is 1.58. The number of nitrogens with one attached hydrogen (secondary N) is 1. The highest BCUT2D eigenvalue weighted by atomic mass is 15.3. The molecule has 4 rings (SSSR count). The summed E-state index contributed by atoms with van der Waals surface area (Å²) < 4.78 is 3.51. The smallest absolute Gasteiger partial charge is 0.254 e. The van der Waals surface area contributed by atoms with Crippen molar-refractivity contribution in [2.24, 2.45) is 7.05 Å². The average molecular weight is 319 g/mol. The molecule has 0 aliphatic carbocycles. The van der Waals surface area contributed by atoms with Crippen LogP contribution in [0.4, 0.5) is 5.82 Å². The van der Waals surface area contributed by atoms with Gasteiger partial charge in [-0.3, -0.25) is 4.68 Å². The molecule has 7 heteroatoms. The normalized spacial score (nSPS) is 11.1. The van der Waals surface area contributed by atoms with Gasteiger partial charge in [-0.1, -0.05) is 18.2 Å². The number of aromatic nitrogens is 6. The fourth-order valence-corrected chi connectivity index (χ4v) is 2.68. The molecule has 0 atom stereocenters. The van der Waals surface area contributed by atoms with E-state index in [9.17, 15) is 0 Å². The van der Waals surface area contributed by atoms with Crippen LogP contribution in [0.15, 0.2) is 49.1 Å². The number of fused-ring (bicyclic) bond motifs is 1. The molecule has 3 heterocycles. The third-order valence-electron chi connectivity index (χ3n) is 3.82. The van der Waals surface area contributed by atoms with Gasteiger partial charge in [0.25, 0.3) is 5.78 Å². The number of aryl methyl sites for hydroxylation is 2. The molecule has 1 aromatic carbocycles. The van der Waals surface area contributed by atoms with Crippen molar-refractivity contribution in [3.63, 3.8) is 0 Å². The van der Waals surface area contributed by atoms with E-state index in [0.29, 0.717) is 12.3 Å². The maximum absolute atomic E-state index is 4.35. The summed E-state index contributed by atoms with van der Waals surface area (Å²) in [7, 11) is 1.92. The first kappa shape index (κ1) is 14.4. The van der Waals surface area contributed by atoms with Gasteiger partial charge in [-0.05, 0) is 24.1 Å². The van der Waals surface area contributed by atoms with Crippen LogP contribution in [0.1, 0.15) is 11.3 Å². The Kier molecular flexibility index (Phi) is 3.45. The SMILES string of the molecule is Cc1cc(NCc2cccc(-c3cnn(C)c3)c2)n2ncnc2n1. The first-order chi connectivity index (χ1) is 11.7. The van der Waals surface area contributed by atoms with Crippen molar-refractivity contribution in [3.8, 4) is 11.1 Å². The van der Waals surface area contributed by atoms with Gasteiger partial charge in [0.1, 0.15) is 12.1 Å². The minimum absolute atomic E-state index is 0.599. The van der Waals surface area contributed by atoms with E-state index in [0.717, 1.165) is 22.6 Å². The first-order valence-corrected chi connectivity index (χ1v) is 7.68. The van der Waals surface area contributed by atoms with E-state index in [-0.39, 0.29) is 0 Å². The lowest BCUT2D eigenvalue weighted by atomic mass is 10.1. The number of hydrogen-bond donors (Lipinski definition) is 1. The summed E-state index contributed by atoms with van der Waals surface area (Å²) in [6.45, 7) is 2.63. The molecule has 0 bridgehead atoms. The molecule has 3 aromatic heterocycles. The lowest BCUT2D eigenvalue weighted by Crippen LogP contribution is -2.07. The molecule has 1 N–H and O–H groups in total. The Morgan fingerprint density at radius 1 is 1.12 bits per heavy atom. The summed E-state index contributed by atoms with van der Waals surface area (Å²) in [6.07, 6.45) is 5.39. The van der Waals surface area contributed by atoms with Gasteiger partial charge in [-0.2, -0.15) is 19.7 Å². The second kappa shape index (κ2) is 5.77. The highest BCUT2D eigenvalue weighted by molar-refractivity contribution is 5.62. The van der Waals surface area contributed by atoms with Crippen LogP contribution in [0, 0.1) is 6.92 Å². The lowest BCUT2D eigenvalue weighted by Gasteiger charge is -2.09. The fraction of sp³-hybridized carbons (Fsp3) is 0.176. The van der Waals surface area contributed by atoms with Crippen molar-refractivity contribution in [2.75, 3.05) is 5.32 Å². The highest BCUT2D eigenvalue weighted by Gasteiger charge is 2.06. The molecule has 0 unspecified atom stereocenters. The van der Waals surface area contributed by atoms with Crippen molar-refractivity contribution in [1.29, 1.82) is 0 Å². The third kappa shape index (κ3) is 2.71. The van der Waals surface area contributed by atoms with Crippen LogP contribution in [0.5, 0.6) is 0 Å². The van der Waals surface area contributed by atoms with Gasteiger partial charge in [0.15, 0.2) is 0 Å². The summed E-state index contributed by atoms with van der Waals surface area (Å²) in [5.41, 5.74) is 4.35. The molecule has 0 radical (unpaired) electrons. The molecular weight excluding hydrogens is 302 g/mol. The number of nitrogens with zero attached hydrogens (tertiary/aromatic N) is 6. The van der Waals surface area contributed by atoms with Gasteiger partial charge in [0.2, 0.25) is 0 Å². The van der Waals surface area contributed by atoms with Crippen molar-refractivity contribution in [1.82, 2.24) is 29.4 Å². The van der Waals surface area contributed by atoms with E-state index < -0.39 is 0 Å². The zero-order chi connectivity index (χ0) is 16.5. The van der Waals surface area contributed by atoms with Gasteiger partial charge in [-0.15, -0.1) is 0 Å². The van der Waals surface area contributed by atoms with Crippen LogP contribution in [0.25, 0.3) is 16.9 Å². The van der Waals surface area contributed by atoms with E-state index >= 15 is 0 Å². The summed E-state index contributed by atoms with van der Waals surface area (Å²) in [5, 5.41) is 11.9. The topological polar surface area (TPSA) is 72.9 Å². The molecular formula is C17H17N7. The predicted octanol–water partition coefficient (Wildman–Crippen LogP) is 2.45. The van der Waals surface area contributed by atoms with E-state index in [1.54, 1.807) is 9.20 Å². The quantitative estimate of drug-likeness (QED) is 0.625. The fourth-order valence-electron chi connectivity index (χ4n) is 2.68. The molecule has 7 nitrogen and oxygen atoms in total. The second-order valence-corrected chi connectivity index (χ2v) is 5.71. The van der Waals surface area contributed by atoms with Gasteiger partial charge in [0, 0.05) is 37.1 Å². The molecule has 0 aliphatic heterocycles. The number of benzene rings is 1. The van der Waals surface area contributed by atoms with Crippen LogP contribution in [0.3, 0.4) is 0 Å². The maximum atomic E-state index is 4.35. The zero-order valence-electron chi connectivity index (χ0n) is 13.5. The Labute approximate surface area is 139 Å². The summed E-state index contributed by atoms with van der Waals surface area (Å²) in [6, 6.07) is 10.4. The monoisotopic (exact) mass is 319 g/mol. The lowest BCUT2D eigenvalue weighted by molar-refractivity contribution is 0.768. The van der Waals surface area contributed by atoms with E-state index in [1.165, 1.54) is 11.9 Å². The zero-order valence-corrected chi connectivity index (χ0v) is 13.5. The van der Waals surface area contributed by atoms with Crippen LogP contribution < -0.4 is 5.32 Å². The van der Waals surface area contributed by atoms with Crippen molar-refractivity contribution < 1.29 is 0 Å². The Morgan fingerprint density at radius 3 is 2.88 bits per heavy atom. The highest BCUT2D eigenvalue weighted by Crippen LogP contribution is 2.20. The summed E-state index contributed by atoms with van der Waals surface area (Å²) >= 11 is 0. The van der Waals surface area contributed by atoms with Crippen LogP contribution in [-0.4, -0.2) is 29.4 Å². The third-order valence-corrected chi connectivity index (χ3v) is 3.82. The Hall–Kier alpha value is -3.22. The predicted molar refractivity (Wildman–Crippen MR) is 91.5 cm³/mol. The largest absolute Gasteiger partial charge is 0.366 e. The molecule has 120 valence electrons. The molecule has 0 spiro atoms. The van der Waals surface area contributed by atoms with Crippen LogP contribution >= 0.6 is 0 Å². The summed E-state index contributed by atoms with van der Waals surface area (Å²) in [4.78, 5) is 8.49. The van der Waals surface area contributed by atoms with E-state index in [2.05, 4.69) is 49.7 Å². The van der Waals surface area contributed by atoms with Gasteiger partial charge in [-0.25, -0.2) is 4.98 Å². The van der Waals surface area contributed by atoms with Crippen molar-refractivity contribution in [3.05, 3.63) is 60.3 Å². The molecule has 0 fully saturated rings. The van der Waals surface area contributed by atoms with Gasteiger partial charge < -0.3 is 5.32 Å². The molecule has 0 amide bonds. The first-order valence-electron chi connectivity index (χ1n) is 7.68. The molecule has 4 aromatic rings. The molecule has 0 saturated heterocycles. The number of anilines is 1. The Bertz CT molecular complexity index is 999. The maximum Gasteiger partial charge on any atom is 0.254 e. The molecule has 24 heavy (non-hydrogen) atoms. The summed E-state index contributed by atoms with van der Waals surface area (Å²) in [5.74, 6) is 1.48. The Morgan fingerprint density at radius 2 is 2.04 bits per heavy atom. The van der Waals surface area contributed by atoms with Crippen molar-refractivity contribution >= 4 is 11.6 Å². The molecule has 0 saturated carbocycles. The van der Waals surface area contributed by atoms with E-state index in [4.69, 9.17) is 0 Å². The second-order valence-electron chi connectivity index (χ2n) is 5.71. The van der Waals surface area contributed by atoms with Crippen LogP contribution in [-0.2, 0) is 13.6 Å². The van der Waals surface area contributed by atoms with Crippen LogP contribution in [0.2, 0.25) is 0 Å². The van der Waals surface area contributed by atoms with Gasteiger partial charge >= 0.3 is 0 Å².